The minimum Gasteiger partial charge on any atom is -0.354 e. The zero-order chi connectivity index (χ0) is 14.0. The van der Waals surface area contributed by atoms with Gasteiger partial charge in [-0.05, 0) is 18.9 Å². The van der Waals surface area contributed by atoms with Crippen molar-refractivity contribution in [2.75, 3.05) is 0 Å². The molecule has 1 saturated heterocycles. The van der Waals surface area contributed by atoms with E-state index in [0.29, 0.717) is 18.4 Å². The fourth-order valence-corrected chi connectivity index (χ4v) is 2.24. The van der Waals surface area contributed by atoms with Gasteiger partial charge in [-0.3, -0.25) is 14.3 Å². The largest absolute Gasteiger partial charge is 0.354 e. The average Bonchev–Trinajstić information content (AvgIpc) is 2.77. The lowest BCUT2D eigenvalue weighted by molar-refractivity contribution is -0.00417. The molecule has 0 spiro atoms. The van der Waals surface area contributed by atoms with Crippen molar-refractivity contribution in [1.29, 1.82) is 0 Å². The molecule has 2 rings (SSSR count). The molecule has 19 heavy (non-hydrogen) atoms. The first-order valence-electron chi connectivity index (χ1n) is 6.08. The molecule has 1 N–H and O–H groups in total. The van der Waals surface area contributed by atoms with Crippen LogP contribution >= 0.6 is 0 Å². The number of hydrogen-bond donors (Lipinski definition) is 1. The summed E-state index contributed by atoms with van der Waals surface area (Å²) in [6.45, 7) is 3.54. The van der Waals surface area contributed by atoms with Gasteiger partial charge in [0, 0.05) is 23.1 Å². The summed E-state index contributed by atoms with van der Waals surface area (Å²) in [7, 11) is 0. The third-order valence-corrected chi connectivity index (χ3v) is 3.26. The van der Waals surface area contributed by atoms with Crippen LogP contribution in [0.4, 0.5) is 0 Å². The number of aromatic nitrogens is 2. The van der Waals surface area contributed by atoms with E-state index in [1.54, 1.807) is 6.92 Å². The third kappa shape index (κ3) is 2.54. The van der Waals surface area contributed by atoms with E-state index in [-0.39, 0.29) is 12.1 Å². The van der Waals surface area contributed by atoms with E-state index in [1.165, 1.54) is 10.8 Å². The average molecular weight is 265 g/mol. The van der Waals surface area contributed by atoms with Gasteiger partial charge in [-0.25, -0.2) is 4.79 Å². The van der Waals surface area contributed by atoms with Crippen LogP contribution < -0.4 is 11.2 Å². The summed E-state index contributed by atoms with van der Waals surface area (Å²) >= 11 is 0. The Balaban J connectivity index is 2.34. The third-order valence-electron chi connectivity index (χ3n) is 3.26. The molecule has 0 aliphatic carbocycles. The van der Waals surface area contributed by atoms with Crippen molar-refractivity contribution in [3.8, 4) is 0 Å². The Morgan fingerprint density at radius 1 is 1.63 bits per heavy atom. The van der Waals surface area contributed by atoms with Gasteiger partial charge >= 0.3 is 5.69 Å². The van der Waals surface area contributed by atoms with Gasteiger partial charge in [0.15, 0.2) is 0 Å². The molecule has 0 bridgehead atoms. The first-order chi connectivity index (χ1) is 9.06. The van der Waals surface area contributed by atoms with Gasteiger partial charge in [-0.2, -0.15) is 0 Å². The topological polar surface area (TPSA) is 113 Å². The maximum atomic E-state index is 11.8. The highest BCUT2D eigenvalue weighted by Gasteiger charge is 2.34. The normalized spacial score (nSPS) is 26.1. The van der Waals surface area contributed by atoms with Crippen LogP contribution in [-0.2, 0) is 4.74 Å². The van der Waals surface area contributed by atoms with E-state index in [4.69, 9.17) is 10.3 Å². The van der Waals surface area contributed by atoms with Gasteiger partial charge < -0.3 is 4.74 Å². The van der Waals surface area contributed by atoms with E-state index < -0.39 is 17.5 Å². The molecular formula is C11H15N5O3. The fourth-order valence-electron chi connectivity index (χ4n) is 2.24. The molecule has 1 aromatic heterocycles. The number of azide groups is 1. The van der Waals surface area contributed by atoms with Crippen molar-refractivity contribution in [3.63, 3.8) is 0 Å². The SMILES string of the molecule is CC[C@H]1OC(n2cc(C)c(=O)[nH]c2=O)C[C@@H]1N=[N+]=[N-]. The van der Waals surface area contributed by atoms with E-state index >= 15 is 0 Å². The lowest BCUT2D eigenvalue weighted by atomic mass is 10.1. The fraction of sp³-hybridized carbons (Fsp3) is 0.636. The lowest BCUT2D eigenvalue weighted by Gasteiger charge is -2.15. The number of aryl methyl sites for hydroxylation is 1. The summed E-state index contributed by atoms with van der Waals surface area (Å²) in [5, 5.41) is 3.69. The highest BCUT2D eigenvalue weighted by atomic mass is 16.5. The summed E-state index contributed by atoms with van der Waals surface area (Å²) in [6.07, 6.45) is 1.87. The van der Waals surface area contributed by atoms with E-state index in [0.717, 1.165) is 0 Å². The molecule has 1 aromatic rings. The molecule has 2 heterocycles. The van der Waals surface area contributed by atoms with E-state index in [1.807, 2.05) is 6.92 Å². The zero-order valence-corrected chi connectivity index (χ0v) is 10.7. The van der Waals surface area contributed by atoms with Crippen LogP contribution in [0.1, 0.15) is 31.6 Å². The number of nitrogens with zero attached hydrogens (tertiary/aromatic N) is 4. The van der Waals surface area contributed by atoms with Crippen molar-refractivity contribution < 1.29 is 4.74 Å². The molecule has 1 fully saturated rings. The van der Waals surface area contributed by atoms with E-state index in [2.05, 4.69) is 15.0 Å². The van der Waals surface area contributed by atoms with Gasteiger partial charge in [-0.15, -0.1) is 0 Å². The number of ether oxygens (including phenoxy) is 1. The van der Waals surface area contributed by atoms with Crippen LogP contribution in [0.25, 0.3) is 10.4 Å². The Bertz CT molecular complexity index is 628. The minimum atomic E-state index is -0.517. The highest BCUT2D eigenvalue weighted by Crippen LogP contribution is 2.31. The lowest BCUT2D eigenvalue weighted by Crippen LogP contribution is -2.33. The van der Waals surface area contributed by atoms with Crippen molar-refractivity contribution in [1.82, 2.24) is 9.55 Å². The number of rotatable bonds is 3. The number of hydrogen-bond acceptors (Lipinski definition) is 4. The summed E-state index contributed by atoms with van der Waals surface area (Å²) < 4.78 is 7.05. The second-order valence-corrected chi connectivity index (χ2v) is 4.52. The van der Waals surface area contributed by atoms with Crippen molar-refractivity contribution in [2.24, 2.45) is 5.11 Å². The van der Waals surface area contributed by atoms with Crippen LogP contribution in [0, 0.1) is 6.92 Å². The Labute approximate surface area is 108 Å². The minimum absolute atomic E-state index is 0.208. The van der Waals surface area contributed by atoms with Crippen LogP contribution in [0.2, 0.25) is 0 Å². The smallest absolute Gasteiger partial charge is 0.330 e. The monoisotopic (exact) mass is 265 g/mol. The number of aromatic amines is 1. The Morgan fingerprint density at radius 3 is 3.00 bits per heavy atom. The second-order valence-electron chi connectivity index (χ2n) is 4.52. The van der Waals surface area contributed by atoms with Crippen LogP contribution in [0.15, 0.2) is 20.9 Å². The molecule has 0 aromatic carbocycles. The van der Waals surface area contributed by atoms with Crippen molar-refractivity contribution in [3.05, 3.63) is 43.0 Å². The van der Waals surface area contributed by atoms with Gasteiger partial charge in [0.2, 0.25) is 0 Å². The molecule has 102 valence electrons. The van der Waals surface area contributed by atoms with Crippen molar-refractivity contribution in [2.45, 2.75) is 45.1 Å². The Morgan fingerprint density at radius 2 is 2.37 bits per heavy atom. The molecule has 0 amide bonds. The molecule has 0 radical (unpaired) electrons. The van der Waals surface area contributed by atoms with Crippen LogP contribution in [-0.4, -0.2) is 21.7 Å². The molecule has 1 aliphatic heterocycles. The van der Waals surface area contributed by atoms with Crippen LogP contribution in [0.5, 0.6) is 0 Å². The summed E-state index contributed by atoms with van der Waals surface area (Å²) in [5.74, 6) is 0. The predicted octanol–water partition coefficient (Wildman–Crippen LogP) is 1.22. The molecular weight excluding hydrogens is 250 g/mol. The quantitative estimate of drug-likeness (QED) is 0.503. The second kappa shape index (κ2) is 5.29. The maximum Gasteiger partial charge on any atom is 0.330 e. The molecule has 0 saturated carbocycles. The molecule has 1 aliphatic rings. The predicted molar refractivity (Wildman–Crippen MR) is 67.8 cm³/mol. The first kappa shape index (κ1) is 13.4. The van der Waals surface area contributed by atoms with Gasteiger partial charge in [0.25, 0.3) is 5.56 Å². The zero-order valence-electron chi connectivity index (χ0n) is 10.7. The summed E-state index contributed by atoms with van der Waals surface area (Å²) in [4.78, 5) is 28.1. The first-order valence-corrected chi connectivity index (χ1v) is 6.08. The molecule has 1 unspecified atom stereocenters. The summed E-state index contributed by atoms with van der Waals surface area (Å²) in [6, 6.07) is -0.292. The van der Waals surface area contributed by atoms with Crippen molar-refractivity contribution >= 4 is 0 Å². The maximum absolute atomic E-state index is 11.8. The van der Waals surface area contributed by atoms with Gasteiger partial charge in [0.1, 0.15) is 6.23 Å². The number of nitrogens with one attached hydrogen (secondary N) is 1. The molecule has 8 nitrogen and oxygen atoms in total. The van der Waals surface area contributed by atoms with Gasteiger partial charge in [0.05, 0.1) is 12.1 Å². The molecule has 3 atom stereocenters. The Kier molecular flexibility index (Phi) is 3.73. The van der Waals surface area contributed by atoms with E-state index in [9.17, 15) is 9.59 Å². The Hall–Kier alpha value is -2.05. The molecule has 8 heteroatoms. The summed E-state index contributed by atoms with van der Waals surface area (Å²) in [5.41, 5.74) is 8.03. The standard InChI is InChI=1S/C11H15N5O3/c1-3-8-7(14-15-12)4-9(19-8)16-5-6(2)10(17)13-11(16)18/h5,7-9H,3-4H2,1-2H3,(H,13,17,18)/t7-,8+,9?/m0/s1. The van der Waals surface area contributed by atoms with Crippen LogP contribution in [0.3, 0.4) is 0 Å². The highest BCUT2D eigenvalue weighted by molar-refractivity contribution is 5.02. The number of H-pyrrole nitrogens is 1. The van der Waals surface area contributed by atoms with Gasteiger partial charge in [-0.1, -0.05) is 12.0 Å².